The van der Waals surface area contributed by atoms with Crippen LogP contribution in [0.25, 0.3) is 0 Å². The minimum absolute atomic E-state index is 0.266. The van der Waals surface area contributed by atoms with Crippen LogP contribution in [-0.2, 0) is 4.74 Å². The van der Waals surface area contributed by atoms with Gasteiger partial charge in [0.2, 0.25) is 0 Å². The zero-order chi connectivity index (χ0) is 10.1. The Kier molecular flexibility index (Phi) is 2.42. The molecule has 0 unspecified atom stereocenters. The predicted octanol–water partition coefficient (Wildman–Crippen LogP) is 2.40. The third kappa shape index (κ3) is 1.73. The lowest BCUT2D eigenvalue weighted by Crippen LogP contribution is -2.04. The minimum Gasteiger partial charge on any atom is -0.464 e. The first-order valence-electron chi connectivity index (χ1n) is 4.47. The van der Waals surface area contributed by atoms with Gasteiger partial charge >= 0.3 is 5.97 Å². The zero-order valence-electron chi connectivity index (χ0n) is 7.79. The fourth-order valence-electron chi connectivity index (χ4n) is 1.36. The van der Waals surface area contributed by atoms with Gasteiger partial charge in [0.1, 0.15) is 10.8 Å². The first kappa shape index (κ1) is 9.46. The van der Waals surface area contributed by atoms with Gasteiger partial charge < -0.3 is 4.74 Å². The van der Waals surface area contributed by atoms with Crippen LogP contribution in [0.3, 0.4) is 0 Å². The highest BCUT2D eigenvalue weighted by Crippen LogP contribution is 2.42. The molecule has 14 heavy (non-hydrogen) atoms. The first-order chi connectivity index (χ1) is 6.72. The molecule has 0 atom stereocenters. The molecule has 1 aromatic rings. The quantitative estimate of drug-likeness (QED) is 0.557. The van der Waals surface area contributed by atoms with E-state index in [0.717, 1.165) is 5.56 Å². The van der Waals surface area contributed by atoms with Gasteiger partial charge in [0.15, 0.2) is 0 Å². The fraction of sp³-hybridized carbons (Fsp3) is 0.400. The summed E-state index contributed by atoms with van der Waals surface area (Å²) in [6.45, 7) is 0. The maximum Gasteiger partial charge on any atom is 0.356 e. The SMILES string of the molecule is COC(=O)c1ccc(C2CC2)c(Cl)n1. The first-order valence-corrected chi connectivity index (χ1v) is 4.85. The summed E-state index contributed by atoms with van der Waals surface area (Å²) in [5.74, 6) is 0.0935. The third-order valence-corrected chi connectivity index (χ3v) is 2.59. The number of carbonyl (C=O) groups is 1. The Hall–Kier alpha value is -1.09. The summed E-state index contributed by atoms with van der Waals surface area (Å²) in [4.78, 5) is 15.1. The molecule has 3 nitrogen and oxygen atoms in total. The van der Waals surface area contributed by atoms with Crippen molar-refractivity contribution in [1.82, 2.24) is 4.98 Å². The lowest BCUT2D eigenvalue weighted by atomic mass is 10.2. The summed E-state index contributed by atoms with van der Waals surface area (Å²) < 4.78 is 4.55. The van der Waals surface area contributed by atoms with Crippen LogP contribution in [0.1, 0.15) is 34.8 Å². The molecule has 0 amide bonds. The fourth-order valence-corrected chi connectivity index (χ4v) is 1.67. The molecular formula is C10H10ClNO2. The Morgan fingerprint density at radius 2 is 2.29 bits per heavy atom. The van der Waals surface area contributed by atoms with Gasteiger partial charge in [-0.25, -0.2) is 9.78 Å². The van der Waals surface area contributed by atoms with Crippen LogP contribution in [0, 0.1) is 0 Å². The van der Waals surface area contributed by atoms with Gasteiger partial charge in [-0.05, 0) is 30.4 Å². The molecule has 4 heteroatoms. The molecule has 0 aliphatic heterocycles. The number of aromatic nitrogens is 1. The maximum atomic E-state index is 11.1. The summed E-state index contributed by atoms with van der Waals surface area (Å²) in [7, 11) is 1.33. The van der Waals surface area contributed by atoms with Crippen molar-refractivity contribution in [1.29, 1.82) is 0 Å². The maximum absolute atomic E-state index is 11.1. The second-order valence-electron chi connectivity index (χ2n) is 3.34. The molecule has 74 valence electrons. The van der Waals surface area contributed by atoms with E-state index in [0.29, 0.717) is 11.1 Å². The predicted molar refractivity (Wildman–Crippen MR) is 52.6 cm³/mol. The number of halogens is 1. The molecule has 0 spiro atoms. The topological polar surface area (TPSA) is 39.2 Å². The average Bonchev–Trinajstić information content (AvgIpc) is 3.00. The van der Waals surface area contributed by atoms with Crippen molar-refractivity contribution in [2.75, 3.05) is 7.11 Å². The lowest BCUT2D eigenvalue weighted by molar-refractivity contribution is 0.0594. The number of carbonyl (C=O) groups excluding carboxylic acids is 1. The van der Waals surface area contributed by atoms with Gasteiger partial charge in [0.05, 0.1) is 7.11 Å². The molecule has 1 aliphatic rings. The molecule has 1 saturated carbocycles. The van der Waals surface area contributed by atoms with Crippen LogP contribution in [0.5, 0.6) is 0 Å². The molecule has 1 fully saturated rings. The molecule has 0 radical (unpaired) electrons. The number of esters is 1. The highest BCUT2D eigenvalue weighted by atomic mass is 35.5. The van der Waals surface area contributed by atoms with E-state index in [1.54, 1.807) is 6.07 Å². The summed E-state index contributed by atoms with van der Waals surface area (Å²) in [6.07, 6.45) is 2.33. The van der Waals surface area contributed by atoms with Gasteiger partial charge in [0.25, 0.3) is 0 Å². The zero-order valence-corrected chi connectivity index (χ0v) is 8.54. The van der Waals surface area contributed by atoms with Crippen molar-refractivity contribution in [2.45, 2.75) is 18.8 Å². The van der Waals surface area contributed by atoms with Crippen molar-refractivity contribution in [3.63, 3.8) is 0 Å². The van der Waals surface area contributed by atoms with Crippen LogP contribution in [0.15, 0.2) is 12.1 Å². The molecule has 0 saturated heterocycles. The average molecular weight is 212 g/mol. The van der Waals surface area contributed by atoms with Gasteiger partial charge in [0, 0.05) is 0 Å². The van der Waals surface area contributed by atoms with Crippen LogP contribution in [0.2, 0.25) is 5.15 Å². The number of methoxy groups -OCH3 is 1. The van der Waals surface area contributed by atoms with Gasteiger partial charge in [-0.1, -0.05) is 17.7 Å². The van der Waals surface area contributed by atoms with Crippen molar-refractivity contribution in [2.24, 2.45) is 0 Å². The van der Waals surface area contributed by atoms with Crippen LogP contribution >= 0.6 is 11.6 Å². The Balaban J connectivity index is 2.30. The van der Waals surface area contributed by atoms with E-state index in [9.17, 15) is 4.79 Å². The second-order valence-corrected chi connectivity index (χ2v) is 3.70. The van der Waals surface area contributed by atoms with Crippen molar-refractivity contribution in [3.05, 3.63) is 28.5 Å². The van der Waals surface area contributed by atoms with Crippen LogP contribution in [0.4, 0.5) is 0 Å². The molecule has 1 aliphatic carbocycles. The number of hydrogen-bond acceptors (Lipinski definition) is 3. The normalized spacial score (nSPS) is 15.3. The molecule has 0 bridgehead atoms. The number of hydrogen-bond donors (Lipinski definition) is 0. The van der Waals surface area contributed by atoms with Crippen LogP contribution in [-0.4, -0.2) is 18.1 Å². The lowest BCUT2D eigenvalue weighted by Gasteiger charge is -2.03. The van der Waals surface area contributed by atoms with E-state index in [1.807, 2.05) is 6.07 Å². The van der Waals surface area contributed by atoms with E-state index in [4.69, 9.17) is 11.6 Å². The summed E-state index contributed by atoms with van der Waals surface area (Å²) >= 11 is 5.95. The Bertz CT molecular complexity index is 374. The van der Waals surface area contributed by atoms with E-state index in [1.165, 1.54) is 20.0 Å². The largest absolute Gasteiger partial charge is 0.464 e. The van der Waals surface area contributed by atoms with E-state index in [-0.39, 0.29) is 5.69 Å². The highest BCUT2D eigenvalue weighted by molar-refractivity contribution is 6.30. The molecule has 0 N–H and O–H groups in total. The van der Waals surface area contributed by atoms with E-state index < -0.39 is 5.97 Å². The van der Waals surface area contributed by atoms with Crippen molar-refractivity contribution >= 4 is 17.6 Å². The summed E-state index contributed by atoms with van der Waals surface area (Å²) in [5.41, 5.74) is 1.31. The van der Waals surface area contributed by atoms with Gasteiger partial charge in [-0.3, -0.25) is 0 Å². The number of ether oxygens (including phenoxy) is 1. The minimum atomic E-state index is -0.450. The number of pyridine rings is 1. The molecule has 2 rings (SSSR count). The molecule has 1 aromatic heterocycles. The Morgan fingerprint density at radius 3 is 2.79 bits per heavy atom. The van der Waals surface area contributed by atoms with Crippen molar-refractivity contribution < 1.29 is 9.53 Å². The molecule has 1 heterocycles. The number of nitrogens with zero attached hydrogens (tertiary/aromatic N) is 1. The summed E-state index contributed by atoms with van der Waals surface area (Å²) in [6, 6.07) is 3.52. The van der Waals surface area contributed by atoms with Crippen LogP contribution < -0.4 is 0 Å². The van der Waals surface area contributed by atoms with Gasteiger partial charge in [-0.15, -0.1) is 0 Å². The Labute approximate surface area is 87.0 Å². The Morgan fingerprint density at radius 1 is 1.57 bits per heavy atom. The van der Waals surface area contributed by atoms with Gasteiger partial charge in [-0.2, -0.15) is 0 Å². The summed E-state index contributed by atoms with van der Waals surface area (Å²) in [5, 5.41) is 0.426. The number of rotatable bonds is 2. The van der Waals surface area contributed by atoms with E-state index in [2.05, 4.69) is 9.72 Å². The third-order valence-electron chi connectivity index (χ3n) is 2.29. The highest BCUT2D eigenvalue weighted by Gasteiger charge is 2.26. The van der Waals surface area contributed by atoms with E-state index >= 15 is 0 Å². The second kappa shape index (κ2) is 3.58. The molecule has 0 aromatic carbocycles. The van der Waals surface area contributed by atoms with Crippen molar-refractivity contribution in [3.8, 4) is 0 Å². The monoisotopic (exact) mass is 211 g/mol. The standard InChI is InChI=1S/C10H10ClNO2/c1-14-10(13)8-5-4-7(6-2-3-6)9(11)12-8/h4-6H,2-3H2,1H3. The molecular weight excluding hydrogens is 202 g/mol. The smallest absolute Gasteiger partial charge is 0.356 e.